The number of rotatable bonds is 5. The van der Waals surface area contributed by atoms with E-state index in [4.69, 9.17) is 16.7 Å². The van der Waals surface area contributed by atoms with Crippen LogP contribution in [0, 0.1) is 11.8 Å². The Labute approximate surface area is 127 Å². The van der Waals surface area contributed by atoms with Crippen molar-refractivity contribution < 1.29 is 18.3 Å². The molecular formula is C12H16ClNO4S2. The molecule has 5 nitrogen and oxygen atoms in total. The van der Waals surface area contributed by atoms with Gasteiger partial charge >= 0.3 is 5.97 Å². The van der Waals surface area contributed by atoms with Crippen molar-refractivity contribution in [2.75, 3.05) is 6.54 Å². The van der Waals surface area contributed by atoms with Gasteiger partial charge < -0.3 is 5.11 Å². The van der Waals surface area contributed by atoms with E-state index in [0.717, 1.165) is 24.2 Å². The Morgan fingerprint density at radius 2 is 2.00 bits per heavy atom. The molecule has 1 heterocycles. The van der Waals surface area contributed by atoms with Gasteiger partial charge in [-0.15, -0.1) is 11.3 Å². The number of thiophene rings is 1. The van der Waals surface area contributed by atoms with Crippen LogP contribution in [0.25, 0.3) is 0 Å². The van der Waals surface area contributed by atoms with Gasteiger partial charge in [-0.25, -0.2) is 13.1 Å². The standard InChI is InChI=1S/C12H16ClNO4S2/c13-10-5-6-11(19-10)20(17,18)14-7-8-1-3-9(4-2-8)12(15)16/h5-6,8-9,14H,1-4,7H2,(H,15,16). The van der Waals surface area contributed by atoms with Gasteiger partial charge in [0.1, 0.15) is 4.21 Å². The summed E-state index contributed by atoms with van der Waals surface area (Å²) in [5.41, 5.74) is 0. The lowest BCUT2D eigenvalue weighted by atomic mass is 9.82. The summed E-state index contributed by atoms with van der Waals surface area (Å²) >= 11 is 6.75. The molecular weight excluding hydrogens is 322 g/mol. The summed E-state index contributed by atoms with van der Waals surface area (Å²) in [5.74, 6) is -0.827. The number of carboxylic acid groups (broad SMARTS) is 1. The third-order valence-corrected chi connectivity index (χ3v) is 6.72. The van der Waals surface area contributed by atoms with Crippen LogP contribution in [0.3, 0.4) is 0 Å². The van der Waals surface area contributed by atoms with Crippen LogP contribution < -0.4 is 4.72 Å². The Morgan fingerprint density at radius 1 is 1.35 bits per heavy atom. The Kier molecular flexibility index (Phi) is 5.06. The number of nitrogens with one attached hydrogen (secondary N) is 1. The quantitative estimate of drug-likeness (QED) is 0.865. The van der Waals surface area contributed by atoms with Crippen LogP contribution in [-0.2, 0) is 14.8 Å². The first-order valence-corrected chi connectivity index (χ1v) is 9.04. The fourth-order valence-electron chi connectivity index (χ4n) is 2.35. The third kappa shape index (κ3) is 3.94. The highest BCUT2D eigenvalue weighted by atomic mass is 35.5. The van der Waals surface area contributed by atoms with E-state index in [-0.39, 0.29) is 16.0 Å². The molecule has 20 heavy (non-hydrogen) atoms. The van der Waals surface area contributed by atoms with Crippen molar-refractivity contribution in [3.05, 3.63) is 16.5 Å². The van der Waals surface area contributed by atoms with Gasteiger partial charge in [-0.3, -0.25) is 4.79 Å². The number of halogens is 1. The molecule has 1 aliphatic carbocycles. The summed E-state index contributed by atoms with van der Waals surface area (Å²) in [7, 11) is -3.50. The van der Waals surface area contributed by atoms with E-state index in [9.17, 15) is 13.2 Å². The zero-order chi connectivity index (χ0) is 14.8. The molecule has 1 aromatic rings. The first-order chi connectivity index (χ1) is 9.38. The smallest absolute Gasteiger partial charge is 0.306 e. The largest absolute Gasteiger partial charge is 0.481 e. The van der Waals surface area contributed by atoms with Crippen molar-refractivity contribution in [1.29, 1.82) is 0 Å². The van der Waals surface area contributed by atoms with Crippen molar-refractivity contribution in [2.24, 2.45) is 11.8 Å². The summed E-state index contributed by atoms with van der Waals surface area (Å²) in [6.07, 6.45) is 2.72. The van der Waals surface area contributed by atoms with E-state index in [1.165, 1.54) is 6.07 Å². The first-order valence-electron chi connectivity index (χ1n) is 6.36. The summed E-state index contributed by atoms with van der Waals surface area (Å²) in [6.45, 7) is 0.351. The van der Waals surface area contributed by atoms with Crippen LogP contribution in [0.5, 0.6) is 0 Å². The van der Waals surface area contributed by atoms with E-state index in [0.29, 0.717) is 23.7 Å². The Morgan fingerprint density at radius 3 is 2.50 bits per heavy atom. The third-order valence-electron chi connectivity index (χ3n) is 3.57. The lowest BCUT2D eigenvalue weighted by Gasteiger charge is -2.25. The molecule has 0 aliphatic heterocycles. The van der Waals surface area contributed by atoms with Crippen molar-refractivity contribution in [3.63, 3.8) is 0 Å². The van der Waals surface area contributed by atoms with Crippen molar-refractivity contribution in [2.45, 2.75) is 29.9 Å². The number of hydrogen-bond donors (Lipinski definition) is 2. The fourth-order valence-corrected chi connectivity index (χ4v) is 5.00. The number of sulfonamides is 1. The molecule has 1 aliphatic rings. The molecule has 0 bridgehead atoms. The van der Waals surface area contributed by atoms with Crippen molar-refractivity contribution >= 4 is 38.9 Å². The monoisotopic (exact) mass is 337 g/mol. The lowest BCUT2D eigenvalue weighted by molar-refractivity contribution is -0.143. The summed E-state index contributed by atoms with van der Waals surface area (Å²) < 4.78 is 27.2. The number of carboxylic acids is 1. The minimum Gasteiger partial charge on any atom is -0.481 e. The van der Waals surface area contributed by atoms with Gasteiger partial charge in [0.15, 0.2) is 0 Å². The average Bonchev–Trinajstić information content (AvgIpc) is 2.84. The Bertz CT molecular complexity index is 576. The molecule has 0 unspecified atom stereocenters. The average molecular weight is 338 g/mol. The summed E-state index contributed by atoms with van der Waals surface area (Å²) in [6, 6.07) is 3.04. The number of aliphatic carboxylic acids is 1. The Balaban J connectivity index is 1.86. The minimum atomic E-state index is -3.50. The number of carbonyl (C=O) groups is 1. The zero-order valence-corrected chi connectivity index (χ0v) is 13.1. The SMILES string of the molecule is O=C(O)C1CCC(CNS(=O)(=O)c2ccc(Cl)s2)CC1. The van der Waals surface area contributed by atoms with Crippen LogP contribution >= 0.6 is 22.9 Å². The van der Waals surface area contributed by atoms with Crippen LogP contribution in [0.15, 0.2) is 16.3 Å². The van der Waals surface area contributed by atoms with Crippen LogP contribution in [-0.4, -0.2) is 26.0 Å². The van der Waals surface area contributed by atoms with E-state index in [1.54, 1.807) is 6.07 Å². The molecule has 1 fully saturated rings. The van der Waals surface area contributed by atoms with Gasteiger partial charge in [0.2, 0.25) is 10.0 Å². The van der Waals surface area contributed by atoms with Crippen molar-refractivity contribution in [1.82, 2.24) is 4.72 Å². The van der Waals surface area contributed by atoms with E-state index in [2.05, 4.69) is 4.72 Å². The molecule has 0 aromatic carbocycles. The molecule has 2 rings (SSSR count). The second-order valence-corrected chi connectivity index (χ2v) is 8.68. The molecule has 0 radical (unpaired) electrons. The molecule has 112 valence electrons. The summed E-state index contributed by atoms with van der Waals surface area (Å²) in [4.78, 5) is 10.8. The van der Waals surface area contributed by atoms with Gasteiger partial charge in [0.25, 0.3) is 0 Å². The molecule has 2 N–H and O–H groups in total. The zero-order valence-electron chi connectivity index (χ0n) is 10.7. The second kappa shape index (κ2) is 6.43. The minimum absolute atomic E-state index is 0.204. The van der Waals surface area contributed by atoms with E-state index in [1.807, 2.05) is 0 Å². The van der Waals surface area contributed by atoms with Gasteiger partial charge in [0.05, 0.1) is 10.3 Å². The van der Waals surface area contributed by atoms with E-state index < -0.39 is 16.0 Å². The fraction of sp³-hybridized carbons (Fsp3) is 0.583. The predicted octanol–water partition coefficient (Wildman–Crippen LogP) is 2.57. The highest BCUT2D eigenvalue weighted by molar-refractivity contribution is 7.91. The van der Waals surface area contributed by atoms with Gasteiger partial charge in [0, 0.05) is 6.54 Å². The van der Waals surface area contributed by atoms with Crippen LogP contribution in [0.1, 0.15) is 25.7 Å². The lowest BCUT2D eigenvalue weighted by Crippen LogP contribution is -2.32. The van der Waals surface area contributed by atoms with E-state index >= 15 is 0 Å². The molecule has 0 amide bonds. The second-order valence-electron chi connectivity index (χ2n) is 4.97. The predicted molar refractivity (Wildman–Crippen MR) is 77.6 cm³/mol. The summed E-state index contributed by atoms with van der Waals surface area (Å²) in [5, 5.41) is 8.91. The van der Waals surface area contributed by atoms with Crippen LogP contribution in [0.4, 0.5) is 0 Å². The highest BCUT2D eigenvalue weighted by Crippen LogP contribution is 2.29. The molecule has 1 saturated carbocycles. The molecule has 0 atom stereocenters. The maximum atomic E-state index is 12.0. The van der Waals surface area contributed by atoms with Gasteiger partial charge in [-0.2, -0.15) is 0 Å². The normalized spacial score (nSPS) is 23.6. The van der Waals surface area contributed by atoms with Crippen LogP contribution in [0.2, 0.25) is 4.34 Å². The highest BCUT2D eigenvalue weighted by Gasteiger charge is 2.27. The Hall–Kier alpha value is -0.630. The van der Waals surface area contributed by atoms with Crippen molar-refractivity contribution in [3.8, 4) is 0 Å². The molecule has 8 heteroatoms. The van der Waals surface area contributed by atoms with Gasteiger partial charge in [-0.05, 0) is 43.7 Å². The molecule has 0 spiro atoms. The first kappa shape index (κ1) is 15.8. The molecule has 1 aromatic heterocycles. The van der Waals surface area contributed by atoms with Gasteiger partial charge in [-0.1, -0.05) is 11.6 Å². The maximum absolute atomic E-state index is 12.0. The maximum Gasteiger partial charge on any atom is 0.306 e. The topological polar surface area (TPSA) is 83.5 Å². The molecule has 0 saturated heterocycles. The number of hydrogen-bond acceptors (Lipinski definition) is 4.